The van der Waals surface area contributed by atoms with Crippen LogP contribution in [-0.4, -0.2) is 99.6 Å². The number of allylic oxidation sites excluding steroid dienone is 13. The van der Waals surface area contributed by atoms with E-state index in [0.717, 1.165) is 103 Å². The van der Waals surface area contributed by atoms with Crippen molar-refractivity contribution in [3.63, 3.8) is 0 Å². The van der Waals surface area contributed by atoms with E-state index in [0.29, 0.717) is 12.8 Å². The summed E-state index contributed by atoms with van der Waals surface area (Å²) in [5, 5.41) is 57.2. The summed E-state index contributed by atoms with van der Waals surface area (Å²) in [6, 6.07) is -1.03. The molecule has 0 aromatic rings. The van der Waals surface area contributed by atoms with Crippen molar-refractivity contribution in [2.45, 2.75) is 359 Å². The van der Waals surface area contributed by atoms with Crippen LogP contribution in [0.1, 0.15) is 310 Å². The number of hydrogen-bond acceptors (Lipinski definition) is 10. The van der Waals surface area contributed by atoms with Gasteiger partial charge in [-0.3, -0.25) is 9.59 Å². The first-order valence-corrected chi connectivity index (χ1v) is 35.4. The van der Waals surface area contributed by atoms with Crippen LogP contribution in [0.2, 0.25) is 0 Å². The number of hydrogen-bond donors (Lipinski definition) is 6. The maximum atomic E-state index is 13.5. The first-order valence-electron chi connectivity index (χ1n) is 35.4. The summed E-state index contributed by atoms with van der Waals surface area (Å²) in [4.78, 5) is 26.7. The number of nitrogens with one attached hydrogen (secondary N) is 1. The molecule has 8 unspecified atom stereocenters. The molecule has 11 heteroatoms. The molecule has 0 aromatic heterocycles. The van der Waals surface area contributed by atoms with Gasteiger partial charge in [0.25, 0.3) is 0 Å². The molecule has 1 amide bonds. The summed E-state index contributed by atoms with van der Waals surface area (Å²) in [5.74, 6) is -1.20. The summed E-state index contributed by atoms with van der Waals surface area (Å²) < 4.78 is 17.7. The number of unbranched alkanes of at least 4 members (excludes halogenated alkanes) is 34. The van der Waals surface area contributed by atoms with Crippen LogP contribution >= 0.6 is 0 Å². The van der Waals surface area contributed by atoms with Crippen molar-refractivity contribution in [1.82, 2.24) is 5.32 Å². The van der Waals surface area contributed by atoms with Crippen LogP contribution < -0.4 is 5.32 Å². The summed E-state index contributed by atoms with van der Waals surface area (Å²) in [6.07, 6.45) is 70.4. The number of aliphatic hydroxyl groups excluding tert-OH is 5. The van der Waals surface area contributed by atoms with E-state index in [2.05, 4.69) is 99.0 Å². The maximum Gasteiger partial charge on any atom is 0.306 e. The molecule has 1 saturated heterocycles. The Labute approximate surface area is 521 Å². The van der Waals surface area contributed by atoms with Crippen LogP contribution in [0.15, 0.2) is 85.1 Å². The standard InChI is InChI=1S/C74H131NO10/c1-4-7-10-13-16-19-22-24-26-28-30-32-33-34-35-36-38-40-42-44-47-50-53-56-59-62-69(79)85-72-71(81)70(80)68(63-76)84-74(72)83-64-65(66(77)60-57-54-51-48-45-21-18-15-12-9-6-3)75-73(82)67(78)61-58-55-52-49-46-43-41-39-37-31-29-27-25-23-20-17-14-11-8-5-2/h16-17,19-20,24-27,30,32,34-35,57,60,65-68,70-72,74,76-78,80-81H,4-15,18,21-23,28-29,31,33,36-56,58-59,61-64H2,1-3H3,(H,75,82)/b19-16-,20-17-,26-24-,27-25-,32-30-,35-34-,60-57+. The van der Waals surface area contributed by atoms with Crippen molar-refractivity contribution >= 4 is 11.9 Å². The minimum absolute atomic E-state index is 0.114. The quantitative estimate of drug-likeness (QED) is 0.0195. The van der Waals surface area contributed by atoms with Gasteiger partial charge in [-0.1, -0.05) is 286 Å². The molecule has 0 saturated carbocycles. The van der Waals surface area contributed by atoms with E-state index in [1.165, 1.54) is 161 Å². The predicted molar refractivity (Wildman–Crippen MR) is 356 cm³/mol. The molecule has 492 valence electrons. The highest BCUT2D eigenvalue weighted by Gasteiger charge is 2.47. The molecular weight excluding hydrogens is 1060 g/mol. The van der Waals surface area contributed by atoms with E-state index in [4.69, 9.17) is 14.2 Å². The second-order valence-corrected chi connectivity index (χ2v) is 24.3. The Balaban J connectivity index is 2.57. The Morgan fingerprint density at radius 1 is 0.459 bits per heavy atom. The fraction of sp³-hybridized carbons (Fsp3) is 0.784. The van der Waals surface area contributed by atoms with Crippen molar-refractivity contribution in [1.29, 1.82) is 0 Å². The second kappa shape index (κ2) is 61.1. The Hall–Kier alpha value is -3.16. The molecule has 0 aliphatic carbocycles. The van der Waals surface area contributed by atoms with Gasteiger partial charge in [0.15, 0.2) is 12.4 Å². The number of esters is 1. The highest BCUT2D eigenvalue weighted by atomic mass is 16.7. The van der Waals surface area contributed by atoms with Crippen LogP contribution in [0, 0.1) is 0 Å². The molecule has 85 heavy (non-hydrogen) atoms. The van der Waals surface area contributed by atoms with E-state index in [1.807, 2.05) is 6.08 Å². The molecule has 1 rings (SSSR count). The summed E-state index contributed by atoms with van der Waals surface area (Å²) in [5.41, 5.74) is 0. The number of rotatable bonds is 60. The van der Waals surface area contributed by atoms with Gasteiger partial charge in [-0.25, -0.2) is 0 Å². The maximum absolute atomic E-state index is 13.5. The Morgan fingerprint density at radius 3 is 1.24 bits per heavy atom. The zero-order valence-electron chi connectivity index (χ0n) is 54.7. The summed E-state index contributed by atoms with van der Waals surface area (Å²) >= 11 is 0. The van der Waals surface area contributed by atoms with Gasteiger partial charge in [0.1, 0.15) is 24.4 Å². The monoisotopic (exact) mass is 1190 g/mol. The van der Waals surface area contributed by atoms with Crippen LogP contribution in [0.25, 0.3) is 0 Å². The molecule has 0 aromatic carbocycles. The Bertz CT molecular complexity index is 1710. The molecule has 0 bridgehead atoms. The lowest BCUT2D eigenvalue weighted by Crippen LogP contribution is -2.61. The van der Waals surface area contributed by atoms with Gasteiger partial charge in [0, 0.05) is 6.42 Å². The third-order valence-electron chi connectivity index (χ3n) is 16.3. The van der Waals surface area contributed by atoms with Gasteiger partial charge < -0.3 is 45.1 Å². The average molecular weight is 1190 g/mol. The first kappa shape index (κ1) is 79.9. The summed E-state index contributed by atoms with van der Waals surface area (Å²) in [7, 11) is 0. The minimum atomic E-state index is -1.62. The molecule has 1 aliphatic heterocycles. The lowest BCUT2D eigenvalue weighted by atomic mass is 9.99. The first-order chi connectivity index (χ1) is 41.7. The van der Waals surface area contributed by atoms with Gasteiger partial charge in [0.2, 0.25) is 5.91 Å². The van der Waals surface area contributed by atoms with Crippen molar-refractivity contribution in [3.05, 3.63) is 85.1 Å². The van der Waals surface area contributed by atoms with Crippen molar-refractivity contribution < 1.29 is 49.3 Å². The van der Waals surface area contributed by atoms with Gasteiger partial charge >= 0.3 is 5.97 Å². The number of carbonyl (C=O) groups is 2. The van der Waals surface area contributed by atoms with Gasteiger partial charge in [-0.05, 0) is 103 Å². The molecule has 0 spiro atoms. The Morgan fingerprint density at radius 2 is 0.812 bits per heavy atom. The highest BCUT2D eigenvalue weighted by Crippen LogP contribution is 2.26. The van der Waals surface area contributed by atoms with Crippen LogP contribution in [0.4, 0.5) is 0 Å². The van der Waals surface area contributed by atoms with E-state index >= 15 is 0 Å². The number of ether oxygens (including phenoxy) is 3. The van der Waals surface area contributed by atoms with E-state index in [1.54, 1.807) is 6.08 Å². The summed E-state index contributed by atoms with van der Waals surface area (Å²) in [6.45, 7) is 5.75. The minimum Gasteiger partial charge on any atom is -0.454 e. The van der Waals surface area contributed by atoms with Crippen molar-refractivity contribution in [2.24, 2.45) is 0 Å². The number of amides is 1. The molecule has 8 atom stereocenters. The normalized spacial score (nSPS) is 18.9. The third kappa shape index (κ3) is 48.4. The SMILES string of the molecule is CCCCC/C=C\C/C=C\C/C=C\C/C=C\CCCCCCCCCCCC(=O)OC1C(OCC(NC(=O)C(O)CCCCCCCCCCCC/C=C\C/C=C\CCCCC)C(O)/C=C/CCCCCCCCCCC)OC(CO)C(O)C1O. The molecule has 11 nitrogen and oxygen atoms in total. The van der Waals surface area contributed by atoms with Crippen LogP contribution in [-0.2, 0) is 23.8 Å². The predicted octanol–water partition coefficient (Wildman–Crippen LogP) is 18.1. The van der Waals surface area contributed by atoms with E-state index < -0.39 is 67.4 Å². The second-order valence-electron chi connectivity index (χ2n) is 24.3. The van der Waals surface area contributed by atoms with E-state index in [9.17, 15) is 35.1 Å². The number of aliphatic hydroxyl groups is 5. The molecular formula is C74H131NO10. The van der Waals surface area contributed by atoms with Gasteiger partial charge in [-0.15, -0.1) is 0 Å². The molecule has 0 radical (unpaired) electrons. The molecule has 1 aliphatic rings. The smallest absolute Gasteiger partial charge is 0.306 e. The van der Waals surface area contributed by atoms with Crippen LogP contribution in [0.3, 0.4) is 0 Å². The largest absolute Gasteiger partial charge is 0.454 e. The molecule has 1 heterocycles. The lowest BCUT2D eigenvalue weighted by Gasteiger charge is -2.41. The highest BCUT2D eigenvalue weighted by molar-refractivity contribution is 5.80. The van der Waals surface area contributed by atoms with Gasteiger partial charge in [-0.2, -0.15) is 0 Å². The Kier molecular flexibility index (Phi) is 57.4. The van der Waals surface area contributed by atoms with Crippen molar-refractivity contribution in [2.75, 3.05) is 13.2 Å². The number of carbonyl (C=O) groups excluding carboxylic acids is 2. The third-order valence-corrected chi connectivity index (χ3v) is 16.3. The molecule has 1 fully saturated rings. The zero-order chi connectivity index (χ0) is 61.7. The zero-order valence-corrected chi connectivity index (χ0v) is 54.7. The van der Waals surface area contributed by atoms with Crippen LogP contribution in [0.5, 0.6) is 0 Å². The lowest BCUT2D eigenvalue weighted by molar-refractivity contribution is -0.305. The van der Waals surface area contributed by atoms with Crippen molar-refractivity contribution in [3.8, 4) is 0 Å². The molecule has 6 N–H and O–H groups in total. The fourth-order valence-corrected chi connectivity index (χ4v) is 10.7. The fourth-order valence-electron chi connectivity index (χ4n) is 10.7. The van der Waals surface area contributed by atoms with Gasteiger partial charge in [0.05, 0.1) is 25.4 Å². The average Bonchev–Trinajstić information content (AvgIpc) is 2.90. The van der Waals surface area contributed by atoms with E-state index in [-0.39, 0.29) is 19.4 Å². The topological polar surface area (TPSA) is 175 Å².